The van der Waals surface area contributed by atoms with Gasteiger partial charge in [-0.3, -0.25) is 5.84 Å². The number of hydrogen-bond donors (Lipinski definition) is 4. The molecule has 0 saturated carbocycles. The molecule has 0 spiro atoms. The van der Waals surface area contributed by atoms with Gasteiger partial charge >= 0.3 is 0 Å². The number of halogens is 2. The third kappa shape index (κ3) is 2.02. The van der Waals surface area contributed by atoms with Crippen LogP contribution in [0.2, 0.25) is 0 Å². The summed E-state index contributed by atoms with van der Waals surface area (Å²) in [6.07, 6.45) is 1.33. The Morgan fingerprint density at radius 2 is 2.07 bits per heavy atom. The van der Waals surface area contributed by atoms with E-state index in [9.17, 15) is 5.11 Å². The van der Waals surface area contributed by atoms with Gasteiger partial charge in [0.05, 0.1) is 14.6 Å². The fourth-order valence-corrected chi connectivity index (χ4v) is 2.12. The Bertz CT molecular complexity index is 379. The maximum atomic E-state index is 9.60. The number of phenolic OH excluding ortho intramolecular Hbond substituents is 1. The topological polar surface area (TPSA) is 84.3 Å². The molecule has 0 radical (unpaired) electrons. The average Bonchev–Trinajstić information content (AvgIpc) is 2.19. The lowest BCUT2D eigenvalue weighted by Gasteiger charge is -2.10. The van der Waals surface area contributed by atoms with Crippen molar-refractivity contribution in [1.82, 2.24) is 5.43 Å². The van der Waals surface area contributed by atoms with Gasteiger partial charge in [-0.1, -0.05) is 6.07 Å². The fraction of sp³-hybridized carbons (Fsp3) is 0. The van der Waals surface area contributed by atoms with E-state index < -0.39 is 0 Å². The second-order valence-electron chi connectivity index (χ2n) is 2.48. The van der Waals surface area contributed by atoms with Crippen molar-refractivity contribution < 1.29 is 5.11 Å². The van der Waals surface area contributed by atoms with Crippen LogP contribution in [0.1, 0.15) is 5.56 Å². The third-order valence-corrected chi connectivity index (χ3v) is 3.12. The van der Waals surface area contributed by atoms with Gasteiger partial charge in [-0.2, -0.15) is 0 Å². The summed E-state index contributed by atoms with van der Waals surface area (Å²) in [7, 11) is 0. The van der Waals surface area contributed by atoms with E-state index in [2.05, 4.69) is 37.3 Å². The van der Waals surface area contributed by atoms with Crippen molar-refractivity contribution in [1.29, 1.82) is 0 Å². The van der Waals surface area contributed by atoms with Crippen molar-refractivity contribution in [2.45, 2.75) is 0 Å². The van der Waals surface area contributed by atoms with Crippen LogP contribution in [-0.4, -0.2) is 5.11 Å². The van der Waals surface area contributed by atoms with Gasteiger partial charge in [-0.15, -0.1) is 0 Å². The fourth-order valence-electron chi connectivity index (χ4n) is 0.965. The monoisotopic (exact) mass is 321 g/mol. The molecule has 0 fully saturated rings. The van der Waals surface area contributed by atoms with Crippen molar-refractivity contribution in [3.8, 4) is 5.75 Å². The molecular formula is C8H9Br2N3O. The van der Waals surface area contributed by atoms with Gasteiger partial charge in [0.25, 0.3) is 0 Å². The molecule has 76 valence electrons. The minimum atomic E-state index is 0.108. The zero-order chi connectivity index (χ0) is 10.7. The number of phenols is 1. The van der Waals surface area contributed by atoms with Gasteiger partial charge in [0, 0.05) is 11.8 Å². The average molecular weight is 323 g/mol. The number of nitrogens with two attached hydrogens (primary N) is 2. The van der Waals surface area contributed by atoms with Crippen molar-refractivity contribution >= 4 is 37.6 Å². The zero-order valence-electron chi connectivity index (χ0n) is 7.09. The summed E-state index contributed by atoms with van der Waals surface area (Å²) in [5, 5.41) is 9.60. The molecule has 0 bridgehead atoms. The predicted octanol–water partition coefficient (Wildman–Crippen LogP) is 1.64. The summed E-state index contributed by atoms with van der Waals surface area (Å²) < 4.78 is 1.13. The molecule has 0 amide bonds. The van der Waals surface area contributed by atoms with Crippen molar-refractivity contribution in [3.63, 3.8) is 0 Å². The molecule has 0 aliphatic heterocycles. The van der Waals surface area contributed by atoms with E-state index in [0.717, 1.165) is 0 Å². The molecule has 1 aromatic rings. The zero-order valence-corrected chi connectivity index (χ0v) is 10.3. The van der Waals surface area contributed by atoms with E-state index in [1.165, 1.54) is 6.20 Å². The summed E-state index contributed by atoms with van der Waals surface area (Å²) in [6, 6.07) is 3.47. The second-order valence-corrected chi connectivity index (χ2v) is 4.13. The van der Waals surface area contributed by atoms with Crippen molar-refractivity contribution in [2.75, 3.05) is 0 Å². The van der Waals surface area contributed by atoms with E-state index in [-0.39, 0.29) is 5.75 Å². The third-order valence-electron chi connectivity index (χ3n) is 1.68. The van der Waals surface area contributed by atoms with Crippen LogP contribution in [0.15, 0.2) is 27.3 Å². The molecule has 0 aromatic heterocycles. The lowest BCUT2D eigenvalue weighted by molar-refractivity contribution is 0.468. The minimum Gasteiger partial charge on any atom is -0.506 e. The first-order valence-corrected chi connectivity index (χ1v) is 5.26. The summed E-state index contributed by atoms with van der Waals surface area (Å²) in [5.41, 5.74) is 9.01. The van der Waals surface area contributed by atoms with E-state index in [1.807, 2.05) is 0 Å². The first-order chi connectivity index (χ1) is 6.61. The summed E-state index contributed by atoms with van der Waals surface area (Å²) in [6.45, 7) is 0. The number of nitrogens with one attached hydrogen (secondary N) is 1. The molecule has 0 saturated heterocycles. The summed E-state index contributed by atoms with van der Waals surface area (Å²) in [5.74, 6) is 5.37. The lowest BCUT2D eigenvalue weighted by Crippen LogP contribution is -2.21. The smallest absolute Gasteiger partial charge is 0.144 e. The van der Waals surface area contributed by atoms with E-state index >= 15 is 0 Å². The van der Waals surface area contributed by atoms with Crippen molar-refractivity contribution in [3.05, 3.63) is 32.8 Å². The highest BCUT2D eigenvalue weighted by Crippen LogP contribution is 2.36. The van der Waals surface area contributed by atoms with Crippen LogP contribution in [-0.2, 0) is 0 Å². The molecule has 0 aliphatic carbocycles. The van der Waals surface area contributed by atoms with Gasteiger partial charge in [0.1, 0.15) is 5.75 Å². The highest BCUT2D eigenvalue weighted by atomic mass is 79.9. The first kappa shape index (κ1) is 11.4. The SMILES string of the molecule is N/C=C(\NN)c1ccc(Br)c(O)c1Br. The molecule has 6 N–H and O–H groups in total. The Hall–Kier alpha value is -0.720. The number of rotatable bonds is 2. The van der Waals surface area contributed by atoms with Crippen LogP contribution in [0.5, 0.6) is 5.75 Å². The van der Waals surface area contributed by atoms with Gasteiger partial charge in [0.15, 0.2) is 0 Å². The quantitative estimate of drug-likeness (QED) is 0.492. The van der Waals surface area contributed by atoms with Crippen LogP contribution in [0.3, 0.4) is 0 Å². The molecular weight excluding hydrogens is 314 g/mol. The van der Waals surface area contributed by atoms with Gasteiger partial charge in [0.2, 0.25) is 0 Å². The highest BCUT2D eigenvalue weighted by molar-refractivity contribution is 9.11. The summed E-state index contributed by atoms with van der Waals surface area (Å²) in [4.78, 5) is 0. The maximum Gasteiger partial charge on any atom is 0.144 e. The Labute approximate surface area is 98.2 Å². The molecule has 1 rings (SSSR count). The van der Waals surface area contributed by atoms with Gasteiger partial charge in [-0.05, 0) is 37.9 Å². The summed E-state index contributed by atoms with van der Waals surface area (Å²) >= 11 is 6.43. The molecule has 1 aromatic carbocycles. The van der Waals surface area contributed by atoms with E-state index in [1.54, 1.807) is 12.1 Å². The predicted molar refractivity (Wildman–Crippen MR) is 63.0 cm³/mol. The van der Waals surface area contributed by atoms with Crippen LogP contribution >= 0.6 is 31.9 Å². The first-order valence-electron chi connectivity index (χ1n) is 3.67. The molecule has 0 atom stereocenters. The number of benzene rings is 1. The number of hydrazine groups is 1. The molecule has 4 nitrogen and oxygen atoms in total. The molecule has 14 heavy (non-hydrogen) atoms. The van der Waals surface area contributed by atoms with Crippen LogP contribution in [0.4, 0.5) is 0 Å². The van der Waals surface area contributed by atoms with E-state index in [4.69, 9.17) is 11.6 Å². The largest absolute Gasteiger partial charge is 0.506 e. The maximum absolute atomic E-state index is 9.60. The number of aromatic hydroxyl groups is 1. The van der Waals surface area contributed by atoms with Crippen LogP contribution < -0.4 is 17.0 Å². The normalized spacial score (nSPS) is 11.5. The Balaban J connectivity index is 3.30. The van der Waals surface area contributed by atoms with Crippen LogP contribution in [0.25, 0.3) is 5.70 Å². The Morgan fingerprint density at radius 1 is 1.43 bits per heavy atom. The second kappa shape index (κ2) is 4.68. The molecule has 0 unspecified atom stereocenters. The molecule has 6 heteroatoms. The number of hydrogen-bond acceptors (Lipinski definition) is 4. The Kier molecular flexibility index (Phi) is 3.79. The highest BCUT2D eigenvalue weighted by Gasteiger charge is 2.11. The molecule has 0 aliphatic rings. The minimum absolute atomic E-state index is 0.108. The van der Waals surface area contributed by atoms with E-state index in [0.29, 0.717) is 20.2 Å². The van der Waals surface area contributed by atoms with Gasteiger partial charge < -0.3 is 16.3 Å². The van der Waals surface area contributed by atoms with Crippen LogP contribution in [0, 0.1) is 0 Å². The standard InChI is InChI=1S/C8H9Br2N3O/c9-5-2-1-4(6(3-11)13-12)7(10)8(5)14/h1-3,13-14H,11-12H2/b6-3-. The lowest BCUT2D eigenvalue weighted by atomic mass is 10.1. The van der Waals surface area contributed by atoms with Crippen molar-refractivity contribution in [2.24, 2.45) is 11.6 Å². The van der Waals surface area contributed by atoms with Gasteiger partial charge in [-0.25, -0.2) is 0 Å². The molecule has 0 heterocycles. The Morgan fingerprint density at radius 3 is 2.57 bits per heavy atom.